The van der Waals surface area contributed by atoms with E-state index in [0.29, 0.717) is 16.5 Å². The number of pyridine rings is 1. The van der Waals surface area contributed by atoms with Crippen LogP contribution < -0.4 is 16.5 Å². The van der Waals surface area contributed by atoms with E-state index in [1.54, 1.807) is 42.5 Å². The van der Waals surface area contributed by atoms with Crippen molar-refractivity contribution >= 4 is 33.7 Å². The number of hydrogen-bond donors (Lipinski definition) is 2. The number of benzene rings is 2. The number of amides is 2. The van der Waals surface area contributed by atoms with Crippen molar-refractivity contribution in [3.8, 4) is 0 Å². The first-order chi connectivity index (χ1) is 13.1. The summed E-state index contributed by atoms with van der Waals surface area (Å²) in [6, 6.07) is 18.9. The van der Waals surface area contributed by atoms with E-state index in [-0.39, 0.29) is 11.3 Å². The molecule has 0 radical (unpaired) electrons. The van der Waals surface area contributed by atoms with Crippen LogP contribution in [-0.4, -0.2) is 16.8 Å². The highest BCUT2D eigenvalue weighted by atomic mass is 16.4. The van der Waals surface area contributed by atoms with Crippen molar-refractivity contribution < 1.29 is 14.0 Å². The van der Waals surface area contributed by atoms with Crippen LogP contribution in [0.2, 0.25) is 0 Å². The lowest BCUT2D eigenvalue weighted by Crippen LogP contribution is -2.43. The average molecular weight is 359 g/mol. The van der Waals surface area contributed by atoms with Crippen LogP contribution in [-0.2, 0) is 0 Å². The van der Waals surface area contributed by atoms with E-state index in [2.05, 4.69) is 15.8 Å². The van der Waals surface area contributed by atoms with E-state index in [9.17, 15) is 14.4 Å². The second-order valence-electron chi connectivity index (χ2n) is 5.78. The van der Waals surface area contributed by atoms with Gasteiger partial charge in [0.15, 0.2) is 0 Å². The van der Waals surface area contributed by atoms with Gasteiger partial charge in [-0.15, -0.1) is 0 Å². The first-order valence-electron chi connectivity index (χ1n) is 8.11. The van der Waals surface area contributed by atoms with E-state index >= 15 is 0 Å². The Morgan fingerprint density at radius 2 is 1.52 bits per heavy atom. The number of fused-ring (bicyclic) bond motifs is 2. The summed E-state index contributed by atoms with van der Waals surface area (Å²) >= 11 is 0. The molecule has 0 saturated heterocycles. The summed E-state index contributed by atoms with van der Waals surface area (Å²) in [6.07, 6.45) is 0. The number of nitrogens with one attached hydrogen (secondary N) is 2. The van der Waals surface area contributed by atoms with Gasteiger partial charge in [-0.1, -0.05) is 42.5 Å². The molecule has 7 heteroatoms. The Bertz CT molecular complexity index is 1250. The maximum Gasteiger partial charge on any atom is 0.349 e. The predicted molar refractivity (Wildman–Crippen MR) is 99.2 cm³/mol. The monoisotopic (exact) mass is 359 g/mol. The number of carbonyl (C=O) groups is 2. The highest BCUT2D eigenvalue weighted by molar-refractivity contribution is 6.00. The van der Waals surface area contributed by atoms with Gasteiger partial charge in [0.2, 0.25) is 0 Å². The zero-order valence-electron chi connectivity index (χ0n) is 13.9. The molecular formula is C20H13N3O4. The molecule has 0 aliphatic rings. The smallest absolute Gasteiger partial charge is 0.349 e. The fourth-order valence-corrected chi connectivity index (χ4v) is 2.66. The lowest BCUT2D eigenvalue weighted by atomic mass is 10.2. The predicted octanol–water partition coefficient (Wildman–Crippen LogP) is 2.42. The van der Waals surface area contributed by atoms with Crippen LogP contribution in [0.5, 0.6) is 0 Å². The van der Waals surface area contributed by atoms with Crippen LogP contribution in [0.1, 0.15) is 20.8 Å². The Morgan fingerprint density at radius 3 is 2.37 bits per heavy atom. The van der Waals surface area contributed by atoms with E-state index in [1.165, 1.54) is 6.07 Å². The number of nitrogens with zero attached hydrogens (tertiary/aromatic N) is 1. The number of aromatic nitrogens is 1. The Hall–Kier alpha value is -4.00. The van der Waals surface area contributed by atoms with Crippen molar-refractivity contribution in [2.45, 2.75) is 0 Å². The zero-order chi connectivity index (χ0) is 18.8. The van der Waals surface area contributed by atoms with Gasteiger partial charge < -0.3 is 4.42 Å². The molecule has 0 unspecified atom stereocenters. The zero-order valence-corrected chi connectivity index (χ0v) is 13.9. The summed E-state index contributed by atoms with van der Waals surface area (Å²) in [5.74, 6) is -1.37. The molecule has 2 aromatic heterocycles. The third-order valence-corrected chi connectivity index (χ3v) is 4.01. The minimum absolute atomic E-state index is 0.138. The van der Waals surface area contributed by atoms with Crippen LogP contribution in [0.25, 0.3) is 21.9 Å². The molecule has 2 amide bonds. The molecule has 7 nitrogen and oxygen atoms in total. The standard InChI is InChI=1S/C20H13N3O4/c24-18(14-11-13-6-2-4-8-17(13)27-20(14)26)22-23-19(25)16-10-9-12-5-1-3-7-15(12)21-16/h1-11H,(H,22,24)(H,23,25). The van der Waals surface area contributed by atoms with E-state index < -0.39 is 17.4 Å². The third-order valence-electron chi connectivity index (χ3n) is 4.01. The second kappa shape index (κ2) is 6.72. The second-order valence-corrected chi connectivity index (χ2v) is 5.78. The van der Waals surface area contributed by atoms with Crippen LogP contribution in [0.4, 0.5) is 0 Å². The van der Waals surface area contributed by atoms with E-state index in [4.69, 9.17) is 4.42 Å². The van der Waals surface area contributed by atoms with Crippen molar-refractivity contribution in [3.05, 3.63) is 88.4 Å². The summed E-state index contributed by atoms with van der Waals surface area (Å²) in [4.78, 5) is 40.7. The maximum atomic E-state index is 12.3. The van der Waals surface area contributed by atoms with Gasteiger partial charge in [0.1, 0.15) is 16.8 Å². The topological polar surface area (TPSA) is 101 Å². The molecule has 0 aliphatic carbocycles. The Labute approximate surface area is 152 Å². The summed E-state index contributed by atoms with van der Waals surface area (Å²) < 4.78 is 5.11. The molecule has 2 aromatic carbocycles. The number of rotatable bonds is 2. The molecule has 0 fully saturated rings. The number of carbonyl (C=O) groups excluding carboxylic acids is 2. The molecule has 4 rings (SSSR count). The first-order valence-corrected chi connectivity index (χ1v) is 8.11. The first kappa shape index (κ1) is 16.5. The summed E-state index contributed by atoms with van der Waals surface area (Å²) in [5.41, 5.74) is 4.65. The van der Waals surface area contributed by atoms with E-state index in [0.717, 1.165) is 5.39 Å². The minimum Gasteiger partial charge on any atom is -0.422 e. The Kier molecular flexibility index (Phi) is 4.10. The Balaban J connectivity index is 1.52. The third kappa shape index (κ3) is 3.25. The quantitative estimate of drug-likeness (QED) is 0.423. The summed E-state index contributed by atoms with van der Waals surface area (Å²) in [6.45, 7) is 0. The lowest BCUT2D eigenvalue weighted by Gasteiger charge is -2.07. The van der Waals surface area contributed by atoms with Gasteiger partial charge in [-0.25, -0.2) is 9.78 Å². The molecule has 0 saturated carbocycles. The molecule has 0 bridgehead atoms. The molecule has 27 heavy (non-hydrogen) atoms. The van der Waals surface area contributed by atoms with Crippen LogP contribution >= 0.6 is 0 Å². The SMILES string of the molecule is O=C(NNC(=O)c1cc2ccccc2oc1=O)c1ccc2ccccc2n1. The number of hydrazine groups is 1. The van der Waals surface area contributed by atoms with Gasteiger partial charge in [0, 0.05) is 10.8 Å². The highest BCUT2D eigenvalue weighted by Gasteiger charge is 2.15. The number of para-hydroxylation sites is 2. The van der Waals surface area contributed by atoms with Crippen molar-refractivity contribution in [1.29, 1.82) is 0 Å². The van der Waals surface area contributed by atoms with Gasteiger partial charge in [-0.3, -0.25) is 20.4 Å². The molecular weight excluding hydrogens is 346 g/mol. The van der Waals surface area contributed by atoms with E-state index in [1.807, 2.05) is 18.2 Å². The molecule has 4 aromatic rings. The van der Waals surface area contributed by atoms with Gasteiger partial charge in [-0.05, 0) is 24.3 Å². The summed E-state index contributed by atoms with van der Waals surface area (Å²) in [5, 5.41) is 1.50. The average Bonchev–Trinajstić information content (AvgIpc) is 2.70. The van der Waals surface area contributed by atoms with Gasteiger partial charge in [0.25, 0.3) is 11.8 Å². The van der Waals surface area contributed by atoms with Crippen molar-refractivity contribution in [3.63, 3.8) is 0 Å². The van der Waals surface area contributed by atoms with Crippen LogP contribution in [0.3, 0.4) is 0 Å². The van der Waals surface area contributed by atoms with Gasteiger partial charge >= 0.3 is 5.63 Å². The van der Waals surface area contributed by atoms with Gasteiger partial charge in [-0.2, -0.15) is 0 Å². The van der Waals surface area contributed by atoms with Crippen molar-refractivity contribution in [2.24, 2.45) is 0 Å². The molecule has 2 N–H and O–H groups in total. The fraction of sp³-hybridized carbons (Fsp3) is 0. The normalized spacial score (nSPS) is 10.7. The Morgan fingerprint density at radius 1 is 0.815 bits per heavy atom. The fourth-order valence-electron chi connectivity index (χ4n) is 2.66. The molecule has 2 heterocycles. The molecule has 0 atom stereocenters. The minimum atomic E-state index is -0.788. The number of hydrogen-bond acceptors (Lipinski definition) is 5. The summed E-state index contributed by atoms with van der Waals surface area (Å²) in [7, 11) is 0. The molecule has 0 spiro atoms. The van der Waals surface area contributed by atoms with Crippen molar-refractivity contribution in [1.82, 2.24) is 15.8 Å². The van der Waals surface area contributed by atoms with Crippen LogP contribution in [0.15, 0.2) is 75.9 Å². The highest BCUT2D eigenvalue weighted by Crippen LogP contribution is 2.13. The van der Waals surface area contributed by atoms with Gasteiger partial charge in [0.05, 0.1) is 5.52 Å². The largest absolute Gasteiger partial charge is 0.422 e. The van der Waals surface area contributed by atoms with Crippen LogP contribution in [0, 0.1) is 0 Å². The molecule has 132 valence electrons. The maximum absolute atomic E-state index is 12.3. The lowest BCUT2D eigenvalue weighted by molar-refractivity contribution is 0.0842. The molecule has 0 aliphatic heterocycles. The van der Waals surface area contributed by atoms with Crippen molar-refractivity contribution in [2.75, 3.05) is 0 Å².